The smallest absolute Gasteiger partial charge is 0.251 e. The zero-order chi connectivity index (χ0) is 12.7. The molecule has 0 saturated carbocycles. The van der Waals surface area contributed by atoms with E-state index in [1.165, 1.54) is 0 Å². The normalized spacial score (nSPS) is 9.60. The molecule has 0 N–H and O–H groups in total. The highest BCUT2D eigenvalue weighted by molar-refractivity contribution is 4.45. The van der Waals surface area contributed by atoms with Gasteiger partial charge in [-0.15, -0.1) is 0 Å². The van der Waals surface area contributed by atoms with Crippen LogP contribution in [0.5, 0.6) is 0 Å². The van der Waals surface area contributed by atoms with Crippen molar-refractivity contribution in [1.82, 2.24) is 0 Å². The van der Waals surface area contributed by atoms with Crippen molar-refractivity contribution in [2.45, 2.75) is 32.4 Å². The predicted molar refractivity (Wildman–Crippen MR) is 44.6 cm³/mol. The van der Waals surface area contributed by atoms with Crippen molar-refractivity contribution in [2.75, 3.05) is 20.3 Å². The topological polar surface area (TPSA) is 0 Å². The lowest BCUT2D eigenvalue weighted by molar-refractivity contribution is -0.136. The van der Waals surface area contributed by atoms with E-state index in [4.69, 9.17) is 0 Å². The average Bonchev–Trinajstić information content (AvgIpc) is 2.05. The molecular weight excluding hydrogens is 229 g/mol. The van der Waals surface area contributed by atoms with Gasteiger partial charge in [-0.25, -0.2) is 8.78 Å². The van der Waals surface area contributed by atoms with E-state index >= 15 is 0 Å². The lowest BCUT2D eigenvalue weighted by Crippen LogP contribution is -2.07. The summed E-state index contributed by atoms with van der Waals surface area (Å²) < 4.78 is 73.5. The molecule has 0 rings (SSSR count). The fraction of sp³-hybridized carbons (Fsp3) is 1.00. The molecule has 0 aliphatic rings. The van der Waals surface area contributed by atoms with E-state index in [0.29, 0.717) is 0 Å². The second-order valence-electron chi connectivity index (χ2n) is 2.20. The van der Waals surface area contributed by atoms with Crippen LogP contribution in [0.15, 0.2) is 0 Å². The third-order valence-corrected chi connectivity index (χ3v) is 0.865. The molecule has 0 aromatic carbocycles. The first-order valence-corrected chi connectivity index (χ1v) is 4.20. The Balaban J connectivity index is -0.000000158. The van der Waals surface area contributed by atoms with Crippen LogP contribution in [0.1, 0.15) is 26.2 Å². The van der Waals surface area contributed by atoms with Crippen molar-refractivity contribution >= 4 is 0 Å². The molecule has 0 aromatic rings. The highest BCUT2D eigenvalue weighted by Gasteiger charge is 2.25. The Kier molecular flexibility index (Phi) is 21.3. The van der Waals surface area contributed by atoms with Crippen LogP contribution >= 0.6 is 0 Å². The van der Waals surface area contributed by atoms with Gasteiger partial charge in [0.2, 0.25) is 6.93 Å². The molecule has 0 radical (unpaired) electrons. The van der Waals surface area contributed by atoms with Crippen molar-refractivity contribution in [3.8, 4) is 0 Å². The summed E-state index contributed by atoms with van der Waals surface area (Å²) in [6, 6.07) is 0. The fourth-order valence-corrected chi connectivity index (χ4v) is 0.241. The number of alkyl halides is 7. The zero-order valence-corrected chi connectivity index (χ0v) is 8.39. The van der Waals surface area contributed by atoms with E-state index in [0.717, 1.165) is 12.8 Å². The molecule has 0 fully saturated rings. The molecule has 0 aromatic heterocycles. The third-order valence-electron chi connectivity index (χ3n) is 0.865. The largest absolute Gasteiger partial charge is 0.391 e. The van der Waals surface area contributed by atoms with Crippen molar-refractivity contribution in [2.24, 2.45) is 0 Å². The van der Waals surface area contributed by atoms with Crippen molar-refractivity contribution < 1.29 is 30.7 Å². The summed E-state index contributed by atoms with van der Waals surface area (Å²) in [6.07, 6.45) is -3.96. The molecule has 0 spiro atoms. The van der Waals surface area contributed by atoms with Crippen LogP contribution in [0.3, 0.4) is 0 Å². The van der Waals surface area contributed by atoms with Crippen molar-refractivity contribution in [1.29, 1.82) is 0 Å². The third kappa shape index (κ3) is 59.0. The molecule has 96 valence electrons. The number of hydrogen-bond donors (Lipinski definition) is 0. The maximum Gasteiger partial charge on any atom is 0.391 e. The number of halogens is 7. The summed E-state index contributed by atoms with van der Waals surface area (Å²) in [5, 5.41) is 0. The van der Waals surface area contributed by atoms with Crippen LogP contribution in [0.25, 0.3) is 0 Å². The van der Waals surface area contributed by atoms with Gasteiger partial charge in [0.05, 0.1) is 19.8 Å². The lowest BCUT2D eigenvalue weighted by Gasteiger charge is -1.98. The molecule has 0 aliphatic heterocycles. The Bertz CT molecular complexity index is 89.5. The van der Waals surface area contributed by atoms with Gasteiger partial charge in [0, 0.05) is 0 Å². The Morgan fingerprint density at radius 1 is 0.867 bits per heavy atom. The van der Waals surface area contributed by atoms with Gasteiger partial charge in [-0.1, -0.05) is 13.3 Å². The summed E-state index contributed by atoms with van der Waals surface area (Å²) in [4.78, 5) is 0. The molecule has 0 bridgehead atoms. The van der Waals surface area contributed by atoms with E-state index in [-0.39, 0.29) is 6.67 Å². The van der Waals surface area contributed by atoms with Crippen molar-refractivity contribution in [3.05, 3.63) is 0 Å². The van der Waals surface area contributed by atoms with Crippen LogP contribution in [0.2, 0.25) is 0 Å². The predicted octanol–water partition coefficient (Wildman–Crippen LogP) is 4.55. The fourth-order valence-electron chi connectivity index (χ4n) is 0.241. The van der Waals surface area contributed by atoms with Gasteiger partial charge in [0.15, 0.2) is 0 Å². The second kappa shape index (κ2) is 16.0. The quantitative estimate of drug-likeness (QED) is 0.639. The monoisotopic (exact) mass is 244 g/mol. The van der Waals surface area contributed by atoms with E-state index in [1.54, 1.807) is 0 Å². The molecule has 0 heterocycles. The number of hydrogen-bond acceptors (Lipinski definition) is 0. The molecule has 15 heavy (non-hydrogen) atoms. The number of unbranched alkanes of at least 4 members (excludes halogenated alkanes) is 1. The van der Waals surface area contributed by atoms with Gasteiger partial charge in [-0.2, -0.15) is 13.2 Å². The first-order chi connectivity index (χ1) is 6.89. The molecule has 0 amide bonds. The summed E-state index contributed by atoms with van der Waals surface area (Å²) in [5.41, 5.74) is 0. The van der Waals surface area contributed by atoms with E-state index in [1.807, 2.05) is 6.92 Å². The minimum absolute atomic E-state index is 0.156. The molecule has 0 aliphatic carbocycles. The van der Waals surface area contributed by atoms with Gasteiger partial charge in [0.25, 0.3) is 0 Å². The minimum atomic E-state index is -4.32. The molecule has 0 atom stereocenters. The first kappa shape index (κ1) is 20.0. The van der Waals surface area contributed by atoms with Gasteiger partial charge >= 0.3 is 6.18 Å². The summed E-state index contributed by atoms with van der Waals surface area (Å²) in [7, 11) is 0. The Morgan fingerprint density at radius 2 is 1.27 bits per heavy atom. The minimum Gasteiger partial charge on any atom is -0.251 e. The van der Waals surface area contributed by atoms with E-state index in [9.17, 15) is 30.7 Å². The summed E-state index contributed by atoms with van der Waals surface area (Å²) in [6.45, 7) is -1.25. The van der Waals surface area contributed by atoms with Crippen molar-refractivity contribution in [3.63, 3.8) is 0 Å². The van der Waals surface area contributed by atoms with Crippen LogP contribution in [-0.2, 0) is 0 Å². The maximum atomic E-state index is 11.0. The van der Waals surface area contributed by atoms with Gasteiger partial charge in [-0.3, -0.25) is 8.78 Å². The van der Waals surface area contributed by atoms with Crippen LogP contribution < -0.4 is 0 Å². The first-order valence-electron chi connectivity index (χ1n) is 4.20. The van der Waals surface area contributed by atoms with Crippen LogP contribution in [0.4, 0.5) is 30.7 Å². The summed E-state index contributed by atoms with van der Waals surface area (Å²) >= 11 is 0. The standard InChI is InChI=1S/C4H9F.C3H4F4.CH2F2/c1-2-3-4-5;4-2-1-3(5,6)7;2-1-3/h2-4H2,1H3;1-2H2;1H2. The van der Waals surface area contributed by atoms with Crippen LogP contribution in [-0.4, -0.2) is 26.5 Å². The Labute approximate surface area is 84.5 Å². The molecule has 0 saturated heterocycles. The van der Waals surface area contributed by atoms with E-state index < -0.39 is 26.2 Å². The van der Waals surface area contributed by atoms with Crippen LogP contribution in [0, 0.1) is 0 Å². The summed E-state index contributed by atoms with van der Waals surface area (Å²) in [5.74, 6) is 0. The molecule has 7 heteroatoms. The molecular formula is C8H15F7. The zero-order valence-electron chi connectivity index (χ0n) is 8.39. The molecule has 0 nitrogen and oxygen atoms in total. The second-order valence-corrected chi connectivity index (χ2v) is 2.20. The lowest BCUT2D eigenvalue weighted by atomic mass is 10.4. The molecule has 0 unspecified atom stereocenters. The Hall–Kier alpha value is -0.490. The van der Waals surface area contributed by atoms with Gasteiger partial charge in [-0.05, 0) is 6.42 Å². The Morgan fingerprint density at radius 3 is 1.27 bits per heavy atom. The highest BCUT2D eigenvalue weighted by Crippen LogP contribution is 2.18. The van der Waals surface area contributed by atoms with E-state index in [2.05, 4.69) is 0 Å². The average molecular weight is 244 g/mol. The maximum absolute atomic E-state index is 11.0. The number of rotatable bonds is 3. The van der Waals surface area contributed by atoms with Gasteiger partial charge < -0.3 is 0 Å². The van der Waals surface area contributed by atoms with Gasteiger partial charge in [0.1, 0.15) is 0 Å². The highest BCUT2D eigenvalue weighted by atomic mass is 19.4. The SMILES string of the molecule is CCCCF.FCCC(F)(F)F.FCF.